The minimum Gasteiger partial charge on any atom is -0.341 e. The van der Waals surface area contributed by atoms with Gasteiger partial charge >= 0.3 is 0 Å². The number of nitrogens with zero attached hydrogens (tertiary/aromatic N) is 4. The lowest BCUT2D eigenvalue weighted by Gasteiger charge is -2.49. The first-order valence-electron chi connectivity index (χ1n) is 11.3. The lowest BCUT2D eigenvalue weighted by atomic mass is 10.1. The van der Waals surface area contributed by atoms with Crippen molar-refractivity contribution in [3.8, 4) is 0 Å². The van der Waals surface area contributed by atoms with E-state index in [1.165, 1.54) is 48.1 Å². The Kier molecular flexibility index (Phi) is 5.25. The molecular weight excluding hydrogens is 416 g/mol. The first-order chi connectivity index (χ1) is 14.9. The van der Waals surface area contributed by atoms with E-state index < -0.39 is 0 Å². The smallest absolute Gasteiger partial charge is 0.201 e. The third kappa shape index (κ3) is 3.03. The van der Waals surface area contributed by atoms with E-state index in [-0.39, 0.29) is 5.79 Å². The molecule has 8 nitrogen and oxygen atoms in total. The van der Waals surface area contributed by atoms with Crippen molar-refractivity contribution in [3.05, 3.63) is 29.2 Å². The molecule has 1 aromatic rings. The van der Waals surface area contributed by atoms with Crippen LogP contribution in [0.4, 0.5) is 5.00 Å². The summed E-state index contributed by atoms with van der Waals surface area (Å²) in [5.74, 6) is 3.52. The van der Waals surface area contributed by atoms with E-state index in [4.69, 9.17) is 0 Å². The number of thioether (sulfide) groups is 1. The van der Waals surface area contributed by atoms with Crippen LogP contribution in [0.15, 0.2) is 29.2 Å². The first-order valence-corrected chi connectivity index (χ1v) is 13.3. The van der Waals surface area contributed by atoms with Crippen molar-refractivity contribution in [3.63, 3.8) is 0 Å². The van der Waals surface area contributed by atoms with Gasteiger partial charge in [0, 0.05) is 39.3 Å². The number of hydrazine groups is 2. The van der Waals surface area contributed by atoms with Crippen LogP contribution in [0.5, 0.6) is 0 Å². The molecule has 1 aromatic heterocycles. The molecule has 30 heavy (non-hydrogen) atoms. The Bertz CT molecular complexity index is 744. The minimum atomic E-state index is -0.292. The van der Waals surface area contributed by atoms with Crippen LogP contribution in [-0.2, 0) is 0 Å². The van der Waals surface area contributed by atoms with E-state index in [9.17, 15) is 0 Å². The van der Waals surface area contributed by atoms with Crippen molar-refractivity contribution >= 4 is 28.1 Å². The zero-order valence-corrected chi connectivity index (χ0v) is 19.0. The highest BCUT2D eigenvalue weighted by molar-refractivity contribution is 8.00. The SMILES string of the molecule is c1csc(N2C(N3CCNC3)=C(N3CCCN3)NC2(C2CCCS2)N2CCCN2)c1. The lowest BCUT2D eigenvalue weighted by molar-refractivity contribution is 0.0449. The number of anilines is 1. The molecule has 0 bridgehead atoms. The molecule has 2 unspecified atom stereocenters. The van der Waals surface area contributed by atoms with Gasteiger partial charge in [-0.3, -0.25) is 20.7 Å². The molecular formula is C20H32N8S2. The molecule has 0 spiro atoms. The Morgan fingerprint density at radius 1 is 1.03 bits per heavy atom. The van der Waals surface area contributed by atoms with Gasteiger partial charge in [-0.15, -0.1) is 11.3 Å². The van der Waals surface area contributed by atoms with Gasteiger partial charge in [-0.05, 0) is 48.9 Å². The van der Waals surface area contributed by atoms with Crippen LogP contribution in [0.1, 0.15) is 25.7 Å². The molecule has 0 aromatic carbocycles. The Morgan fingerprint density at radius 3 is 2.63 bits per heavy atom. The third-order valence-corrected chi connectivity index (χ3v) is 9.08. The average molecular weight is 449 g/mol. The van der Waals surface area contributed by atoms with E-state index in [0.29, 0.717) is 5.25 Å². The zero-order chi connectivity index (χ0) is 20.0. The van der Waals surface area contributed by atoms with E-state index >= 15 is 0 Å². The van der Waals surface area contributed by atoms with Crippen molar-refractivity contribution in [2.24, 2.45) is 0 Å². The van der Waals surface area contributed by atoms with E-state index in [2.05, 4.69) is 70.6 Å². The van der Waals surface area contributed by atoms with Gasteiger partial charge in [-0.2, -0.15) is 11.8 Å². The summed E-state index contributed by atoms with van der Waals surface area (Å²) >= 11 is 3.98. The van der Waals surface area contributed by atoms with Crippen LogP contribution in [0, 0.1) is 0 Å². The van der Waals surface area contributed by atoms with Crippen LogP contribution in [0.25, 0.3) is 0 Å². The summed E-state index contributed by atoms with van der Waals surface area (Å²) in [6.07, 6.45) is 4.91. The van der Waals surface area contributed by atoms with Crippen LogP contribution in [-0.4, -0.2) is 77.6 Å². The van der Waals surface area contributed by atoms with E-state index in [1.54, 1.807) is 0 Å². The molecule has 0 radical (unpaired) electrons. The molecule has 4 fully saturated rings. The van der Waals surface area contributed by atoms with Crippen molar-refractivity contribution in [2.45, 2.75) is 36.7 Å². The monoisotopic (exact) mass is 448 g/mol. The predicted octanol–water partition coefficient (Wildman–Crippen LogP) is 1.12. The molecule has 164 valence electrons. The Hall–Kier alpha value is -1.17. The van der Waals surface area contributed by atoms with Gasteiger partial charge in [0.25, 0.3) is 0 Å². The highest BCUT2D eigenvalue weighted by Gasteiger charge is 2.59. The van der Waals surface area contributed by atoms with Gasteiger partial charge in [0.2, 0.25) is 5.79 Å². The molecule has 0 aliphatic carbocycles. The quantitative estimate of drug-likeness (QED) is 0.531. The predicted molar refractivity (Wildman–Crippen MR) is 123 cm³/mol. The van der Waals surface area contributed by atoms with Crippen molar-refractivity contribution in [2.75, 3.05) is 56.6 Å². The molecule has 6 heterocycles. The summed E-state index contributed by atoms with van der Waals surface area (Å²) in [4.78, 5) is 5.17. The highest BCUT2D eigenvalue weighted by Crippen LogP contribution is 2.48. The summed E-state index contributed by atoms with van der Waals surface area (Å²) < 4.78 is 0. The zero-order valence-electron chi connectivity index (χ0n) is 17.4. The van der Waals surface area contributed by atoms with Gasteiger partial charge in [0.1, 0.15) is 0 Å². The standard InChI is InChI=1S/C20H32N8S2/c1-5-16(29-13-1)20(27-11-4-8-23-27)24-18(26-10-3-7-22-26)19(25-12-9-21-15-25)28(20)17-6-2-14-30-17/h2,6,14,16,21-24H,1,3-5,7-13,15H2. The third-order valence-electron chi connectivity index (χ3n) is 6.74. The Labute approximate surface area is 186 Å². The van der Waals surface area contributed by atoms with Crippen LogP contribution >= 0.6 is 23.1 Å². The number of rotatable bonds is 5. The summed E-state index contributed by atoms with van der Waals surface area (Å²) in [5, 5.41) is 16.6. The summed E-state index contributed by atoms with van der Waals surface area (Å²) in [6, 6.07) is 4.48. The summed E-state index contributed by atoms with van der Waals surface area (Å²) in [6.45, 7) is 7.19. The minimum absolute atomic E-state index is 0.292. The summed E-state index contributed by atoms with van der Waals surface area (Å²) in [7, 11) is 0. The van der Waals surface area contributed by atoms with Crippen molar-refractivity contribution in [1.82, 2.24) is 36.4 Å². The average Bonchev–Trinajstić information content (AvgIpc) is 3.62. The van der Waals surface area contributed by atoms with Crippen LogP contribution in [0.3, 0.4) is 0 Å². The molecule has 5 aliphatic rings. The second kappa shape index (κ2) is 8.07. The Morgan fingerprint density at radius 2 is 1.97 bits per heavy atom. The highest BCUT2D eigenvalue weighted by atomic mass is 32.2. The van der Waals surface area contributed by atoms with Gasteiger partial charge in [0.05, 0.1) is 16.9 Å². The molecule has 6 rings (SSSR count). The fourth-order valence-corrected chi connectivity index (χ4v) is 7.67. The molecule has 4 saturated heterocycles. The first kappa shape index (κ1) is 19.5. The van der Waals surface area contributed by atoms with Gasteiger partial charge < -0.3 is 10.2 Å². The topological polar surface area (TPSA) is 61.1 Å². The maximum atomic E-state index is 4.14. The number of hydrogen-bond acceptors (Lipinski definition) is 10. The van der Waals surface area contributed by atoms with Crippen LogP contribution < -0.4 is 26.4 Å². The second-order valence-corrected chi connectivity index (χ2v) is 10.8. The van der Waals surface area contributed by atoms with Crippen LogP contribution in [0.2, 0.25) is 0 Å². The molecule has 4 N–H and O–H groups in total. The maximum Gasteiger partial charge on any atom is 0.201 e. The molecule has 10 heteroatoms. The largest absolute Gasteiger partial charge is 0.341 e. The van der Waals surface area contributed by atoms with Gasteiger partial charge in [-0.1, -0.05) is 0 Å². The van der Waals surface area contributed by atoms with E-state index in [0.717, 1.165) is 45.9 Å². The summed E-state index contributed by atoms with van der Waals surface area (Å²) in [5.41, 5.74) is 7.38. The second-order valence-electron chi connectivity index (χ2n) is 8.56. The van der Waals surface area contributed by atoms with Gasteiger partial charge in [-0.25, -0.2) is 10.4 Å². The normalized spacial score (nSPS) is 32.8. The Balaban J connectivity index is 1.52. The molecule has 0 saturated carbocycles. The number of hydrogen-bond donors (Lipinski definition) is 4. The fraction of sp³-hybridized carbons (Fsp3) is 0.700. The fourth-order valence-electron chi connectivity index (χ4n) is 5.41. The number of thiophene rings is 1. The number of nitrogens with one attached hydrogen (secondary N) is 4. The molecule has 2 atom stereocenters. The molecule has 0 amide bonds. The van der Waals surface area contributed by atoms with Gasteiger partial charge in [0.15, 0.2) is 11.6 Å². The van der Waals surface area contributed by atoms with E-state index in [1.807, 2.05) is 11.3 Å². The lowest BCUT2D eigenvalue weighted by Crippen LogP contribution is -2.72. The van der Waals surface area contributed by atoms with Crippen molar-refractivity contribution < 1.29 is 0 Å². The maximum absolute atomic E-state index is 4.14. The van der Waals surface area contributed by atoms with Crippen molar-refractivity contribution in [1.29, 1.82) is 0 Å². The molecule has 5 aliphatic heterocycles.